The molecule has 0 aliphatic carbocycles. The first-order valence-electron chi connectivity index (χ1n) is 5.76. The van der Waals surface area contributed by atoms with Crippen LogP contribution in [0.3, 0.4) is 0 Å². The summed E-state index contributed by atoms with van der Waals surface area (Å²) in [5.41, 5.74) is 3.27. The third-order valence-electron chi connectivity index (χ3n) is 2.52. The first kappa shape index (κ1) is 12.8. The Labute approximate surface area is 95.5 Å². The van der Waals surface area contributed by atoms with Gasteiger partial charge in [0.2, 0.25) is 0 Å². The van der Waals surface area contributed by atoms with E-state index < -0.39 is 6.08 Å². The predicted octanol–water partition coefficient (Wildman–Crippen LogP) is 2.41. The largest absolute Gasteiger partial charge is 0.310 e. The smallest absolute Gasteiger partial charge is 0.308 e. The highest BCUT2D eigenvalue weighted by atomic mass is 19.1. The maximum atomic E-state index is 12.7. The van der Waals surface area contributed by atoms with Gasteiger partial charge in [0.05, 0.1) is 0 Å². The summed E-state index contributed by atoms with van der Waals surface area (Å²) in [6, 6.07) is 0. The van der Waals surface area contributed by atoms with Gasteiger partial charge in [-0.3, -0.25) is 0 Å². The average Bonchev–Trinajstić information content (AvgIpc) is 2.30. The van der Waals surface area contributed by atoms with Crippen molar-refractivity contribution >= 4 is 5.82 Å². The number of unbranched alkanes of at least 4 members (excludes halogenated alkanes) is 4. The molecule has 0 spiro atoms. The Balaban J connectivity index is 2.41. The molecule has 0 atom stereocenters. The second-order valence-electron chi connectivity index (χ2n) is 3.82. The van der Waals surface area contributed by atoms with Crippen molar-refractivity contribution in [3.05, 3.63) is 17.8 Å². The van der Waals surface area contributed by atoms with Gasteiger partial charge in [-0.25, -0.2) is 10.8 Å². The van der Waals surface area contributed by atoms with Crippen LogP contribution in [-0.4, -0.2) is 9.97 Å². The highest BCUT2D eigenvalue weighted by molar-refractivity contribution is 5.40. The van der Waals surface area contributed by atoms with Gasteiger partial charge in [0, 0.05) is 11.8 Å². The van der Waals surface area contributed by atoms with E-state index in [9.17, 15) is 4.39 Å². The SMILES string of the molecule is CCCCCCCc1cnc(F)nc1NN. The molecule has 0 saturated carbocycles. The van der Waals surface area contributed by atoms with Gasteiger partial charge in [0.1, 0.15) is 5.82 Å². The predicted molar refractivity (Wildman–Crippen MR) is 62.3 cm³/mol. The molecule has 0 aromatic carbocycles. The molecular weight excluding hydrogens is 207 g/mol. The Kier molecular flexibility index (Phi) is 5.71. The number of halogens is 1. The fraction of sp³-hybridized carbons (Fsp3) is 0.636. The van der Waals surface area contributed by atoms with Gasteiger partial charge < -0.3 is 5.43 Å². The molecule has 0 aliphatic rings. The van der Waals surface area contributed by atoms with Crippen molar-refractivity contribution in [1.29, 1.82) is 0 Å². The molecule has 0 unspecified atom stereocenters. The summed E-state index contributed by atoms with van der Waals surface area (Å²) >= 11 is 0. The number of aromatic nitrogens is 2. The second-order valence-corrected chi connectivity index (χ2v) is 3.82. The normalized spacial score (nSPS) is 10.4. The molecule has 4 nitrogen and oxygen atoms in total. The molecule has 0 bridgehead atoms. The summed E-state index contributed by atoms with van der Waals surface area (Å²) in [6.45, 7) is 2.18. The number of anilines is 1. The molecule has 0 saturated heterocycles. The number of aryl methyl sites for hydroxylation is 1. The van der Waals surface area contributed by atoms with Crippen LogP contribution in [0.15, 0.2) is 6.20 Å². The standard InChI is InChI=1S/C11H19FN4/c1-2-3-4-5-6-7-9-8-14-11(12)15-10(9)16-13/h8H,2-7,13H2,1H3,(H,14,15,16). The summed E-state index contributed by atoms with van der Waals surface area (Å²) in [6.07, 6.45) is 7.56. The second kappa shape index (κ2) is 7.11. The topological polar surface area (TPSA) is 63.8 Å². The maximum absolute atomic E-state index is 12.7. The zero-order valence-corrected chi connectivity index (χ0v) is 9.67. The lowest BCUT2D eigenvalue weighted by Gasteiger charge is -2.06. The molecule has 0 aliphatic heterocycles. The van der Waals surface area contributed by atoms with E-state index in [0.29, 0.717) is 5.82 Å². The quantitative estimate of drug-likeness (QED) is 0.324. The van der Waals surface area contributed by atoms with Crippen LogP contribution in [0.1, 0.15) is 44.6 Å². The third kappa shape index (κ3) is 4.10. The van der Waals surface area contributed by atoms with Crippen molar-refractivity contribution in [3.63, 3.8) is 0 Å². The van der Waals surface area contributed by atoms with Crippen molar-refractivity contribution in [1.82, 2.24) is 9.97 Å². The minimum atomic E-state index is -0.748. The van der Waals surface area contributed by atoms with Crippen LogP contribution in [0.4, 0.5) is 10.2 Å². The zero-order chi connectivity index (χ0) is 11.8. The van der Waals surface area contributed by atoms with E-state index in [1.54, 1.807) is 0 Å². The monoisotopic (exact) mass is 226 g/mol. The van der Waals surface area contributed by atoms with E-state index in [1.807, 2.05) is 0 Å². The van der Waals surface area contributed by atoms with Crippen LogP contribution in [-0.2, 0) is 6.42 Å². The lowest BCUT2D eigenvalue weighted by molar-refractivity contribution is 0.536. The van der Waals surface area contributed by atoms with Crippen molar-refractivity contribution in [2.45, 2.75) is 45.4 Å². The van der Waals surface area contributed by atoms with E-state index >= 15 is 0 Å². The molecule has 1 aromatic heterocycles. The van der Waals surface area contributed by atoms with Crippen LogP contribution in [0.25, 0.3) is 0 Å². The molecule has 16 heavy (non-hydrogen) atoms. The summed E-state index contributed by atoms with van der Waals surface area (Å²) in [4.78, 5) is 7.12. The molecular formula is C11H19FN4. The van der Waals surface area contributed by atoms with Crippen LogP contribution in [0.5, 0.6) is 0 Å². The van der Waals surface area contributed by atoms with E-state index in [0.717, 1.165) is 18.4 Å². The fourth-order valence-corrected chi connectivity index (χ4v) is 1.61. The first-order chi connectivity index (χ1) is 7.77. The van der Waals surface area contributed by atoms with E-state index in [-0.39, 0.29) is 0 Å². The van der Waals surface area contributed by atoms with Crippen LogP contribution < -0.4 is 11.3 Å². The molecule has 5 heteroatoms. The minimum Gasteiger partial charge on any atom is -0.308 e. The molecule has 1 heterocycles. The minimum absolute atomic E-state index is 0.392. The number of nitrogens with zero attached hydrogens (tertiary/aromatic N) is 2. The van der Waals surface area contributed by atoms with E-state index in [4.69, 9.17) is 5.84 Å². The molecule has 0 amide bonds. The highest BCUT2D eigenvalue weighted by Gasteiger charge is 2.05. The molecule has 3 N–H and O–H groups in total. The van der Waals surface area contributed by atoms with Gasteiger partial charge in [-0.1, -0.05) is 32.6 Å². The van der Waals surface area contributed by atoms with Crippen molar-refractivity contribution in [2.75, 3.05) is 5.43 Å². The van der Waals surface area contributed by atoms with Gasteiger partial charge in [0.25, 0.3) is 0 Å². The molecule has 1 rings (SSSR count). The number of nitrogen functional groups attached to an aromatic ring is 1. The fourth-order valence-electron chi connectivity index (χ4n) is 1.61. The van der Waals surface area contributed by atoms with Gasteiger partial charge in [-0.05, 0) is 12.8 Å². The van der Waals surface area contributed by atoms with E-state index in [2.05, 4.69) is 22.3 Å². The summed E-state index contributed by atoms with van der Waals surface area (Å²) in [7, 11) is 0. The van der Waals surface area contributed by atoms with Gasteiger partial charge in [-0.2, -0.15) is 9.37 Å². The molecule has 1 aromatic rings. The summed E-state index contributed by atoms with van der Waals surface area (Å²) < 4.78 is 12.7. The van der Waals surface area contributed by atoms with Crippen LogP contribution >= 0.6 is 0 Å². The molecule has 90 valence electrons. The zero-order valence-electron chi connectivity index (χ0n) is 9.67. The van der Waals surface area contributed by atoms with Crippen molar-refractivity contribution in [2.24, 2.45) is 5.84 Å². The third-order valence-corrected chi connectivity index (χ3v) is 2.52. The van der Waals surface area contributed by atoms with Crippen molar-refractivity contribution in [3.8, 4) is 0 Å². The van der Waals surface area contributed by atoms with Gasteiger partial charge >= 0.3 is 6.08 Å². The number of hydrazine groups is 1. The Morgan fingerprint density at radius 2 is 2.06 bits per heavy atom. The Bertz CT molecular complexity index is 317. The lowest BCUT2D eigenvalue weighted by Crippen LogP contribution is -2.12. The molecule has 0 radical (unpaired) electrons. The van der Waals surface area contributed by atoms with Crippen LogP contribution in [0.2, 0.25) is 0 Å². The van der Waals surface area contributed by atoms with Gasteiger partial charge in [0.15, 0.2) is 0 Å². The number of rotatable bonds is 7. The molecule has 0 fully saturated rings. The summed E-state index contributed by atoms with van der Waals surface area (Å²) in [5, 5.41) is 0. The van der Waals surface area contributed by atoms with Crippen molar-refractivity contribution < 1.29 is 4.39 Å². The maximum Gasteiger partial charge on any atom is 0.310 e. The average molecular weight is 226 g/mol. The number of hydrogen-bond acceptors (Lipinski definition) is 4. The Morgan fingerprint density at radius 1 is 1.31 bits per heavy atom. The number of hydrogen-bond donors (Lipinski definition) is 2. The lowest BCUT2D eigenvalue weighted by atomic mass is 10.1. The first-order valence-corrected chi connectivity index (χ1v) is 5.76. The van der Waals surface area contributed by atoms with Crippen LogP contribution in [0, 0.1) is 6.08 Å². The number of nitrogens with one attached hydrogen (secondary N) is 1. The highest BCUT2D eigenvalue weighted by Crippen LogP contribution is 2.14. The van der Waals surface area contributed by atoms with E-state index in [1.165, 1.54) is 31.9 Å². The Hall–Kier alpha value is -1.23. The Morgan fingerprint density at radius 3 is 2.75 bits per heavy atom. The van der Waals surface area contributed by atoms with Gasteiger partial charge in [-0.15, -0.1) is 0 Å². The summed E-state index contributed by atoms with van der Waals surface area (Å²) in [5.74, 6) is 5.66. The number of nitrogens with two attached hydrogens (primary N) is 1.